The Bertz CT molecular complexity index is 812. The first-order chi connectivity index (χ1) is 13.6. The average molecular weight is 386 g/mol. The van der Waals surface area contributed by atoms with E-state index in [1.165, 1.54) is 33.2 Å². The SMILES string of the molecule is COc1cc(C(=O)N2CCCCCCC2)cc(NC(=O)c2cnc[nH]2)c1OC. The first-order valence-electron chi connectivity index (χ1n) is 9.49. The lowest BCUT2D eigenvalue weighted by Crippen LogP contribution is -2.33. The van der Waals surface area contributed by atoms with Crippen LogP contribution >= 0.6 is 0 Å². The molecule has 2 heterocycles. The van der Waals surface area contributed by atoms with Crippen LogP contribution < -0.4 is 14.8 Å². The van der Waals surface area contributed by atoms with E-state index in [-0.39, 0.29) is 11.8 Å². The molecule has 28 heavy (non-hydrogen) atoms. The van der Waals surface area contributed by atoms with Gasteiger partial charge in [0.25, 0.3) is 11.8 Å². The van der Waals surface area contributed by atoms with Gasteiger partial charge in [-0.05, 0) is 25.0 Å². The van der Waals surface area contributed by atoms with E-state index in [1.54, 1.807) is 12.1 Å². The summed E-state index contributed by atoms with van der Waals surface area (Å²) < 4.78 is 10.8. The van der Waals surface area contributed by atoms with E-state index in [0.717, 1.165) is 38.8 Å². The van der Waals surface area contributed by atoms with Gasteiger partial charge < -0.3 is 24.7 Å². The number of likely N-dealkylation sites (tertiary alicyclic amines) is 1. The number of carbonyl (C=O) groups is 2. The molecule has 1 saturated heterocycles. The molecule has 0 radical (unpaired) electrons. The van der Waals surface area contributed by atoms with Crippen LogP contribution in [0.25, 0.3) is 0 Å². The van der Waals surface area contributed by atoms with Crippen LogP contribution in [0.2, 0.25) is 0 Å². The second-order valence-electron chi connectivity index (χ2n) is 6.74. The number of aromatic amines is 1. The van der Waals surface area contributed by atoms with Crippen molar-refractivity contribution >= 4 is 17.5 Å². The van der Waals surface area contributed by atoms with Crippen LogP contribution in [-0.4, -0.2) is 54.0 Å². The topological polar surface area (TPSA) is 96.5 Å². The minimum Gasteiger partial charge on any atom is -0.493 e. The maximum Gasteiger partial charge on any atom is 0.273 e. The van der Waals surface area contributed by atoms with Crippen LogP contribution in [0.3, 0.4) is 0 Å². The number of amides is 2. The molecule has 1 aromatic heterocycles. The fraction of sp³-hybridized carbons (Fsp3) is 0.450. The molecule has 8 nitrogen and oxygen atoms in total. The molecule has 1 aliphatic heterocycles. The molecule has 2 amide bonds. The third kappa shape index (κ3) is 4.44. The molecule has 1 fully saturated rings. The zero-order valence-electron chi connectivity index (χ0n) is 16.3. The van der Waals surface area contributed by atoms with E-state index >= 15 is 0 Å². The highest BCUT2D eigenvalue weighted by Gasteiger charge is 2.22. The second kappa shape index (κ2) is 9.25. The first kappa shape index (κ1) is 19.7. The third-order valence-corrected chi connectivity index (χ3v) is 4.86. The lowest BCUT2D eigenvalue weighted by atomic mass is 10.1. The molecule has 150 valence electrons. The Labute approximate surface area is 164 Å². The van der Waals surface area contributed by atoms with Crippen molar-refractivity contribution in [2.24, 2.45) is 0 Å². The van der Waals surface area contributed by atoms with Gasteiger partial charge in [0, 0.05) is 18.7 Å². The molecular weight excluding hydrogens is 360 g/mol. The van der Waals surface area contributed by atoms with E-state index in [0.29, 0.717) is 28.4 Å². The summed E-state index contributed by atoms with van der Waals surface area (Å²) in [6.45, 7) is 1.48. The van der Waals surface area contributed by atoms with Crippen molar-refractivity contribution in [1.82, 2.24) is 14.9 Å². The number of anilines is 1. The largest absolute Gasteiger partial charge is 0.493 e. The minimum atomic E-state index is -0.381. The Hall–Kier alpha value is -3.03. The number of nitrogens with zero attached hydrogens (tertiary/aromatic N) is 2. The van der Waals surface area contributed by atoms with Crippen molar-refractivity contribution in [1.29, 1.82) is 0 Å². The zero-order valence-corrected chi connectivity index (χ0v) is 16.3. The Morgan fingerprint density at radius 1 is 1.07 bits per heavy atom. The van der Waals surface area contributed by atoms with Crippen molar-refractivity contribution in [3.8, 4) is 11.5 Å². The molecule has 2 N–H and O–H groups in total. The van der Waals surface area contributed by atoms with Crippen molar-refractivity contribution < 1.29 is 19.1 Å². The van der Waals surface area contributed by atoms with E-state index < -0.39 is 0 Å². The van der Waals surface area contributed by atoms with Crippen molar-refractivity contribution in [2.75, 3.05) is 32.6 Å². The predicted molar refractivity (Wildman–Crippen MR) is 105 cm³/mol. The number of nitrogens with one attached hydrogen (secondary N) is 2. The normalized spacial score (nSPS) is 14.7. The molecular formula is C20H26N4O4. The van der Waals surface area contributed by atoms with Crippen LogP contribution in [0, 0.1) is 0 Å². The fourth-order valence-corrected chi connectivity index (χ4v) is 3.38. The first-order valence-corrected chi connectivity index (χ1v) is 9.49. The number of imidazole rings is 1. The molecule has 0 bridgehead atoms. The zero-order chi connectivity index (χ0) is 19.9. The van der Waals surface area contributed by atoms with Crippen LogP contribution in [0.4, 0.5) is 5.69 Å². The van der Waals surface area contributed by atoms with Crippen molar-refractivity contribution in [3.05, 3.63) is 35.9 Å². The van der Waals surface area contributed by atoms with Gasteiger partial charge in [-0.2, -0.15) is 0 Å². The molecule has 0 spiro atoms. The van der Waals surface area contributed by atoms with Gasteiger partial charge in [-0.1, -0.05) is 19.3 Å². The quantitative estimate of drug-likeness (QED) is 0.823. The van der Waals surface area contributed by atoms with Gasteiger partial charge >= 0.3 is 0 Å². The molecule has 1 aromatic carbocycles. The van der Waals surface area contributed by atoms with Gasteiger partial charge in [-0.3, -0.25) is 9.59 Å². The number of benzene rings is 1. The number of aromatic nitrogens is 2. The number of ether oxygens (including phenoxy) is 2. The molecule has 0 saturated carbocycles. The number of hydrogen-bond acceptors (Lipinski definition) is 5. The van der Waals surface area contributed by atoms with Crippen LogP contribution in [0.1, 0.15) is 53.0 Å². The standard InChI is InChI=1S/C20H26N4O4/c1-27-17-11-14(20(26)24-8-6-4-3-5-7-9-24)10-15(18(17)28-2)23-19(25)16-12-21-13-22-16/h10-13H,3-9H2,1-2H3,(H,21,22)(H,23,25). The maximum atomic E-state index is 13.1. The Morgan fingerprint density at radius 2 is 1.79 bits per heavy atom. The molecule has 0 aliphatic carbocycles. The van der Waals surface area contributed by atoms with Crippen LogP contribution in [0.15, 0.2) is 24.7 Å². The van der Waals surface area contributed by atoms with Crippen molar-refractivity contribution in [2.45, 2.75) is 32.1 Å². The lowest BCUT2D eigenvalue weighted by molar-refractivity contribution is 0.0741. The summed E-state index contributed by atoms with van der Waals surface area (Å²) in [5, 5.41) is 2.77. The maximum absolute atomic E-state index is 13.1. The van der Waals surface area contributed by atoms with Gasteiger partial charge in [0.15, 0.2) is 11.5 Å². The highest BCUT2D eigenvalue weighted by molar-refractivity contribution is 6.05. The van der Waals surface area contributed by atoms with Crippen LogP contribution in [0.5, 0.6) is 11.5 Å². The fourth-order valence-electron chi connectivity index (χ4n) is 3.38. The van der Waals surface area contributed by atoms with Crippen molar-refractivity contribution in [3.63, 3.8) is 0 Å². The van der Waals surface area contributed by atoms with Gasteiger partial charge in [0.05, 0.1) is 32.4 Å². The van der Waals surface area contributed by atoms with E-state index in [4.69, 9.17) is 9.47 Å². The molecule has 8 heteroatoms. The summed E-state index contributed by atoms with van der Waals surface area (Å²) in [4.78, 5) is 34.0. The molecule has 3 rings (SSSR count). The number of H-pyrrole nitrogens is 1. The minimum absolute atomic E-state index is 0.0695. The number of carbonyl (C=O) groups excluding carboxylic acids is 2. The Morgan fingerprint density at radius 3 is 2.39 bits per heavy atom. The lowest BCUT2D eigenvalue weighted by Gasteiger charge is -2.25. The van der Waals surface area contributed by atoms with Gasteiger partial charge in [-0.15, -0.1) is 0 Å². The Kier molecular flexibility index (Phi) is 6.52. The predicted octanol–water partition coefficient (Wildman–Crippen LogP) is 3.09. The summed E-state index contributed by atoms with van der Waals surface area (Å²) in [5.41, 5.74) is 1.14. The summed E-state index contributed by atoms with van der Waals surface area (Å²) in [6.07, 6.45) is 8.36. The van der Waals surface area contributed by atoms with E-state index in [9.17, 15) is 9.59 Å². The molecule has 2 aromatic rings. The van der Waals surface area contributed by atoms with Crippen LogP contribution in [-0.2, 0) is 0 Å². The number of methoxy groups -OCH3 is 2. The number of rotatable bonds is 5. The molecule has 0 atom stereocenters. The second-order valence-corrected chi connectivity index (χ2v) is 6.74. The number of hydrogen-bond donors (Lipinski definition) is 2. The highest BCUT2D eigenvalue weighted by Crippen LogP contribution is 2.37. The Balaban J connectivity index is 1.90. The summed E-state index contributed by atoms with van der Waals surface area (Å²) >= 11 is 0. The summed E-state index contributed by atoms with van der Waals surface area (Å²) in [7, 11) is 2.99. The molecule has 1 aliphatic rings. The average Bonchev–Trinajstić information content (AvgIpc) is 3.21. The van der Waals surface area contributed by atoms with Gasteiger partial charge in [0.1, 0.15) is 5.69 Å². The van der Waals surface area contributed by atoms with E-state index in [1.807, 2.05) is 4.90 Å². The summed E-state index contributed by atoms with van der Waals surface area (Å²) in [6, 6.07) is 3.29. The van der Waals surface area contributed by atoms with E-state index in [2.05, 4.69) is 15.3 Å². The third-order valence-electron chi connectivity index (χ3n) is 4.86. The smallest absolute Gasteiger partial charge is 0.273 e. The van der Waals surface area contributed by atoms with Gasteiger partial charge in [-0.25, -0.2) is 4.98 Å². The summed E-state index contributed by atoms with van der Waals surface area (Å²) in [5.74, 6) is 0.300. The van der Waals surface area contributed by atoms with Gasteiger partial charge in [0.2, 0.25) is 0 Å². The highest BCUT2D eigenvalue weighted by atomic mass is 16.5. The monoisotopic (exact) mass is 386 g/mol. The molecule has 0 unspecified atom stereocenters.